The van der Waals surface area contributed by atoms with Crippen LogP contribution in [0.15, 0.2) is 0 Å². The molecule has 2 amide bonds. The van der Waals surface area contributed by atoms with Gasteiger partial charge in [-0.1, -0.05) is 6.92 Å². The molecule has 7 heteroatoms. The Balaban J connectivity index is 3.85. The summed E-state index contributed by atoms with van der Waals surface area (Å²) < 4.78 is 23.2. The number of carboxylic acids is 1. The maximum absolute atomic E-state index is 11.6. The number of halogens is 2. The molecule has 0 aromatic heterocycles. The van der Waals surface area contributed by atoms with E-state index >= 15 is 0 Å². The van der Waals surface area contributed by atoms with Crippen molar-refractivity contribution >= 4 is 12.0 Å². The van der Waals surface area contributed by atoms with Gasteiger partial charge in [0.1, 0.15) is 6.04 Å². The van der Waals surface area contributed by atoms with Crippen LogP contribution >= 0.6 is 0 Å². The van der Waals surface area contributed by atoms with Gasteiger partial charge in [-0.15, -0.1) is 0 Å². The van der Waals surface area contributed by atoms with E-state index in [0.717, 1.165) is 0 Å². The minimum Gasteiger partial charge on any atom is -0.480 e. The van der Waals surface area contributed by atoms with Crippen LogP contribution < -0.4 is 10.6 Å². The molecule has 82 valence electrons. The first-order valence-electron chi connectivity index (χ1n) is 4.02. The first kappa shape index (κ1) is 12.6. The molecule has 0 rings (SSSR count). The zero-order chi connectivity index (χ0) is 11.1. The van der Waals surface area contributed by atoms with Crippen LogP contribution in [0.25, 0.3) is 0 Å². The molecule has 1 atom stereocenters. The number of carboxylic acid groups (broad SMARTS) is 1. The predicted octanol–water partition coefficient (Wildman–Crippen LogP) is 0.414. The first-order chi connectivity index (χ1) is 6.47. The highest BCUT2D eigenvalue weighted by Gasteiger charge is 2.17. The van der Waals surface area contributed by atoms with Crippen molar-refractivity contribution in [1.82, 2.24) is 10.6 Å². The van der Waals surface area contributed by atoms with Gasteiger partial charge in [0, 0.05) is 0 Å². The maximum atomic E-state index is 11.6. The van der Waals surface area contributed by atoms with Crippen LogP contribution in [0, 0.1) is 0 Å². The van der Waals surface area contributed by atoms with E-state index in [-0.39, 0.29) is 6.42 Å². The van der Waals surface area contributed by atoms with Crippen molar-refractivity contribution in [3.63, 3.8) is 0 Å². The average molecular weight is 210 g/mol. The Hall–Kier alpha value is -1.40. The van der Waals surface area contributed by atoms with Crippen LogP contribution in [-0.4, -0.2) is 36.1 Å². The van der Waals surface area contributed by atoms with E-state index in [0.29, 0.717) is 0 Å². The highest BCUT2D eigenvalue weighted by molar-refractivity contribution is 5.82. The van der Waals surface area contributed by atoms with E-state index < -0.39 is 31.0 Å². The maximum Gasteiger partial charge on any atom is 0.326 e. The van der Waals surface area contributed by atoms with Crippen LogP contribution in [0.3, 0.4) is 0 Å². The van der Waals surface area contributed by atoms with Gasteiger partial charge in [0.2, 0.25) is 0 Å². The summed E-state index contributed by atoms with van der Waals surface area (Å²) >= 11 is 0. The molecule has 0 saturated heterocycles. The second-order valence-corrected chi connectivity index (χ2v) is 2.54. The molecule has 0 bridgehead atoms. The van der Waals surface area contributed by atoms with Crippen LogP contribution in [0.4, 0.5) is 13.6 Å². The second-order valence-electron chi connectivity index (χ2n) is 2.54. The molecular weight excluding hydrogens is 198 g/mol. The molecule has 1 unspecified atom stereocenters. The van der Waals surface area contributed by atoms with Gasteiger partial charge in [0.15, 0.2) is 0 Å². The summed E-state index contributed by atoms with van der Waals surface area (Å²) in [5, 5.41) is 12.4. The van der Waals surface area contributed by atoms with Crippen LogP contribution in [0.1, 0.15) is 13.3 Å². The van der Waals surface area contributed by atoms with E-state index in [1.807, 2.05) is 10.6 Å². The predicted molar refractivity (Wildman–Crippen MR) is 44.3 cm³/mol. The van der Waals surface area contributed by atoms with Crippen LogP contribution in [0.5, 0.6) is 0 Å². The number of carbonyl (C=O) groups excluding carboxylic acids is 1. The lowest BCUT2D eigenvalue weighted by Gasteiger charge is -2.12. The molecule has 0 radical (unpaired) electrons. The largest absolute Gasteiger partial charge is 0.480 e. The number of urea groups is 1. The molecule has 0 heterocycles. The van der Waals surface area contributed by atoms with Crippen molar-refractivity contribution < 1.29 is 23.5 Å². The lowest BCUT2D eigenvalue weighted by Crippen LogP contribution is -2.46. The molecule has 0 aromatic rings. The van der Waals surface area contributed by atoms with Gasteiger partial charge in [-0.05, 0) is 6.42 Å². The Morgan fingerprint density at radius 2 is 2.00 bits per heavy atom. The Morgan fingerprint density at radius 1 is 1.43 bits per heavy atom. The summed E-state index contributed by atoms with van der Waals surface area (Å²) in [6.45, 7) is 0.772. The molecule has 3 N–H and O–H groups in total. The fourth-order valence-electron chi connectivity index (χ4n) is 0.718. The standard InChI is InChI=1S/C7H12F2N2O3/c1-2-4(6(12)13)11-7(14)10-3-5(8)9/h4-5H,2-3H2,1H3,(H,12,13)(H2,10,11,14). The molecule has 0 saturated carbocycles. The topological polar surface area (TPSA) is 78.4 Å². The molecule has 5 nitrogen and oxygen atoms in total. The minimum atomic E-state index is -2.65. The summed E-state index contributed by atoms with van der Waals surface area (Å²) in [5.41, 5.74) is 0. The Bertz CT molecular complexity index is 211. The lowest BCUT2D eigenvalue weighted by molar-refractivity contribution is -0.139. The molecule has 0 aliphatic heterocycles. The fraction of sp³-hybridized carbons (Fsp3) is 0.714. The van der Waals surface area contributed by atoms with Gasteiger partial charge in [0.25, 0.3) is 6.43 Å². The Labute approximate surface area is 79.5 Å². The normalized spacial score (nSPS) is 12.3. The van der Waals surface area contributed by atoms with Crippen molar-refractivity contribution in [2.75, 3.05) is 6.54 Å². The lowest BCUT2D eigenvalue weighted by atomic mass is 10.2. The van der Waals surface area contributed by atoms with Crippen molar-refractivity contribution in [1.29, 1.82) is 0 Å². The van der Waals surface area contributed by atoms with Gasteiger partial charge >= 0.3 is 12.0 Å². The summed E-state index contributed by atoms with van der Waals surface area (Å²) in [7, 11) is 0. The van der Waals surface area contributed by atoms with E-state index in [9.17, 15) is 18.4 Å². The zero-order valence-corrected chi connectivity index (χ0v) is 7.59. The Morgan fingerprint density at radius 3 is 2.36 bits per heavy atom. The number of rotatable bonds is 5. The molecule has 0 spiro atoms. The van der Waals surface area contributed by atoms with Crippen molar-refractivity contribution in [2.45, 2.75) is 25.8 Å². The third-order valence-corrected chi connectivity index (χ3v) is 1.43. The average Bonchev–Trinajstić information content (AvgIpc) is 2.10. The molecular formula is C7H12F2N2O3. The minimum absolute atomic E-state index is 0.192. The van der Waals surface area contributed by atoms with E-state index in [2.05, 4.69) is 0 Å². The summed E-state index contributed by atoms with van der Waals surface area (Å²) in [6, 6.07) is -1.95. The Kier molecular flexibility index (Phi) is 5.50. The molecule has 14 heavy (non-hydrogen) atoms. The number of hydrogen-bond donors (Lipinski definition) is 3. The molecule has 0 aliphatic carbocycles. The first-order valence-corrected chi connectivity index (χ1v) is 4.02. The third kappa shape index (κ3) is 5.28. The number of carbonyl (C=O) groups is 2. The quantitative estimate of drug-likeness (QED) is 0.615. The van der Waals surface area contributed by atoms with Crippen molar-refractivity contribution in [2.24, 2.45) is 0 Å². The third-order valence-electron chi connectivity index (χ3n) is 1.43. The fourth-order valence-corrected chi connectivity index (χ4v) is 0.718. The highest BCUT2D eigenvalue weighted by Crippen LogP contribution is 1.91. The van der Waals surface area contributed by atoms with Crippen LogP contribution in [-0.2, 0) is 4.79 Å². The molecule has 0 aromatic carbocycles. The second kappa shape index (κ2) is 6.11. The number of amides is 2. The number of alkyl halides is 2. The van der Waals surface area contributed by atoms with Gasteiger partial charge in [-0.2, -0.15) is 0 Å². The number of aliphatic carboxylic acids is 1. The van der Waals surface area contributed by atoms with Crippen molar-refractivity contribution in [3.05, 3.63) is 0 Å². The van der Waals surface area contributed by atoms with Crippen molar-refractivity contribution in [3.8, 4) is 0 Å². The molecule has 0 fully saturated rings. The van der Waals surface area contributed by atoms with E-state index in [4.69, 9.17) is 5.11 Å². The van der Waals surface area contributed by atoms with Gasteiger partial charge < -0.3 is 15.7 Å². The SMILES string of the molecule is CCC(NC(=O)NCC(F)F)C(=O)O. The van der Waals surface area contributed by atoms with Gasteiger partial charge in [0.05, 0.1) is 6.54 Å². The summed E-state index contributed by atoms with van der Waals surface area (Å²) in [6.07, 6.45) is -2.46. The van der Waals surface area contributed by atoms with Gasteiger partial charge in [-0.25, -0.2) is 18.4 Å². The summed E-state index contributed by atoms with van der Waals surface area (Å²) in [5.74, 6) is -1.19. The van der Waals surface area contributed by atoms with Crippen LogP contribution in [0.2, 0.25) is 0 Å². The summed E-state index contributed by atoms with van der Waals surface area (Å²) in [4.78, 5) is 21.2. The van der Waals surface area contributed by atoms with Gasteiger partial charge in [-0.3, -0.25) is 0 Å². The van der Waals surface area contributed by atoms with E-state index in [1.165, 1.54) is 0 Å². The van der Waals surface area contributed by atoms with E-state index in [1.54, 1.807) is 6.92 Å². The zero-order valence-electron chi connectivity index (χ0n) is 7.59. The number of nitrogens with one attached hydrogen (secondary N) is 2. The molecule has 0 aliphatic rings. The number of hydrogen-bond acceptors (Lipinski definition) is 2. The smallest absolute Gasteiger partial charge is 0.326 e. The highest BCUT2D eigenvalue weighted by atomic mass is 19.3. The monoisotopic (exact) mass is 210 g/mol.